The second kappa shape index (κ2) is 10.1. The molecule has 29 heavy (non-hydrogen) atoms. The van der Waals surface area contributed by atoms with E-state index in [-0.39, 0.29) is 11.6 Å². The van der Waals surface area contributed by atoms with Crippen molar-refractivity contribution in [2.75, 3.05) is 13.2 Å². The molecule has 0 aliphatic rings. The van der Waals surface area contributed by atoms with Gasteiger partial charge in [0.05, 0.1) is 6.61 Å². The van der Waals surface area contributed by atoms with Crippen LogP contribution < -0.4 is 10.4 Å². The van der Waals surface area contributed by atoms with Crippen molar-refractivity contribution in [1.29, 1.82) is 5.41 Å². The molecule has 0 fully saturated rings. The molecule has 0 amide bonds. The van der Waals surface area contributed by atoms with Gasteiger partial charge < -0.3 is 9.16 Å². The standard InChI is InChI=1S/C22H26Cl3NO2Si/c1-21(2,3)29(18-12-6-4-7-13-18,19-14-8-5-9-15-19)28-17-11-10-16-27-20(26)22(23,24)25/h4-15,26H,16-17H2,1-3H3/b11-10-,26-20?. The quantitative estimate of drug-likeness (QED) is 0.191. The summed E-state index contributed by atoms with van der Waals surface area (Å²) in [7, 11) is -2.56. The van der Waals surface area contributed by atoms with E-state index in [9.17, 15) is 0 Å². The number of ether oxygens (including phenoxy) is 1. The third kappa shape index (κ3) is 6.09. The predicted molar refractivity (Wildman–Crippen MR) is 127 cm³/mol. The van der Waals surface area contributed by atoms with Crippen LogP contribution in [0.2, 0.25) is 5.04 Å². The van der Waals surface area contributed by atoms with E-state index in [2.05, 4.69) is 69.3 Å². The Labute approximate surface area is 189 Å². The molecule has 0 atom stereocenters. The molecule has 0 spiro atoms. The zero-order valence-electron chi connectivity index (χ0n) is 16.8. The minimum absolute atomic E-state index is 0.0857. The van der Waals surface area contributed by atoms with E-state index in [0.717, 1.165) is 0 Å². The first-order chi connectivity index (χ1) is 13.6. The van der Waals surface area contributed by atoms with Crippen molar-refractivity contribution in [3.8, 4) is 0 Å². The van der Waals surface area contributed by atoms with Gasteiger partial charge in [-0.1, -0.05) is 122 Å². The highest BCUT2D eigenvalue weighted by molar-refractivity contribution is 6.99. The van der Waals surface area contributed by atoms with Crippen LogP contribution in [0.4, 0.5) is 0 Å². The first-order valence-electron chi connectivity index (χ1n) is 9.27. The summed E-state index contributed by atoms with van der Waals surface area (Å²) in [5.41, 5.74) is 0. The number of alkyl halides is 3. The van der Waals surface area contributed by atoms with Crippen LogP contribution >= 0.6 is 34.8 Å². The molecule has 0 unspecified atom stereocenters. The lowest BCUT2D eigenvalue weighted by Crippen LogP contribution is -2.66. The summed E-state index contributed by atoms with van der Waals surface area (Å²) < 4.78 is 9.99. The SMILES string of the molecule is CC(C)(C)[Si](OC/C=C\COC(=N)C(Cl)(Cl)Cl)(c1ccccc1)c1ccccc1. The monoisotopic (exact) mass is 469 g/mol. The molecule has 0 aromatic heterocycles. The number of halogens is 3. The smallest absolute Gasteiger partial charge is 0.265 e. The Morgan fingerprint density at radius 2 is 1.31 bits per heavy atom. The van der Waals surface area contributed by atoms with Crippen molar-refractivity contribution < 1.29 is 9.16 Å². The van der Waals surface area contributed by atoms with Gasteiger partial charge in [-0.2, -0.15) is 0 Å². The topological polar surface area (TPSA) is 42.3 Å². The van der Waals surface area contributed by atoms with Crippen LogP contribution in [-0.4, -0.2) is 31.2 Å². The summed E-state index contributed by atoms with van der Waals surface area (Å²) in [6, 6.07) is 20.9. The number of nitrogens with one attached hydrogen (secondary N) is 1. The molecule has 0 radical (unpaired) electrons. The van der Waals surface area contributed by atoms with Crippen LogP contribution in [0.1, 0.15) is 20.8 Å². The Morgan fingerprint density at radius 3 is 1.72 bits per heavy atom. The minimum Gasteiger partial charge on any atom is -0.474 e. The predicted octanol–water partition coefficient (Wildman–Crippen LogP) is 5.48. The van der Waals surface area contributed by atoms with Gasteiger partial charge in [0.2, 0.25) is 5.90 Å². The fraction of sp³-hybridized carbons (Fsp3) is 0.318. The molecule has 0 saturated carbocycles. The average molecular weight is 471 g/mol. The Hall–Kier alpha value is -1.30. The summed E-state index contributed by atoms with van der Waals surface area (Å²) in [5.74, 6) is -0.403. The molecular formula is C22H26Cl3NO2Si. The summed E-state index contributed by atoms with van der Waals surface area (Å²) in [5, 5.41) is 9.91. The third-order valence-electron chi connectivity index (χ3n) is 4.56. The molecule has 0 aliphatic heterocycles. The molecule has 2 aromatic rings. The van der Waals surface area contributed by atoms with Crippen molar-refractivity contribution >= 4 is 59.4 Å². The average Bonchev–Trinajstić information content (AvgIpc) is 2.67. The molecule has 1 N–H and O–H groups in total. The highest BCUT2D eigenvalue weighted by Crippen LogP contribution is 2.36. The van der Waals surface area contributed by atoms with Crippen molar-refractivity contribution in [3.63, 3.8) is 0 Å². The summed E-state index contributed by atoms with van der Waals surface area (Å²) in [6.45, 7) is 7.24. The van der Waals surface area contributed by atoms with Crippen molar-refractivity contribution in [1.82, 2.24) is 0 Å². The fourth-order valence-electron chi connectivity index (χ4n) is 3.28. The number of rotatable bonds is 7. The van der Waals surface area contributed by atoms with E-state index in [1.54, 1.807) is 6.08 Å². The zero-order chi connectivity index (χ0) is 21.5. The molecule has 7 heteroatoms. The van der Waals surface area contributed by atoms with Gasteiger partial charge in [0.1, 0.15) is 6.61 Å². The highest BCUT2D eigenvalue weighted by atomic mass is 35.6. The first-order valence-corrected chi connectivity index (χ1v) is 12.3. The Morgan fingerprint density at radius 1 is 0.862 bits per heavy atom. The molecule has 0 heterocycles. The number of benzene rings is 2. The summed E-state index contributed by atoms with van der Waals surface area (Å²) in [4.78, 5) is 0. The Kier molecular flexibility index (Phi) is 8.38. The van der Waals surface area contributed by atoms with E-state index >= 15 is 0 Å². The van der Waals surface area contributed by atoms with Gasteiger partial charge in [-0.05, 0) is 21.5 Å². The molecular weight excluding hydrogens is 445 g/mol. The fourth-order valence-corrected chi connectivity index (χ4v) is 7.95. The zero-order valence-corrected chi connectivity index (χ0v) is 20.1. The molecule has 2 aromatic carbocycles. The summed E-state index contributed by atoms with van der Waals surface area (Å²) >= 11 is 16.8. The van der Waals surface area contributed by atoms with Crippen LogP contribution in [0.5, 0.6) is 0 Å². The van der Waals surface area contributed by atoms with Gasteiger partial charge in [0.15, 0.2) is 0 Å². The molecule has 3 nitrogen and oxygen atoms in total. The summed E-state index contributed by atoms with van der Waals surface area (Å²) in [6.07, 6.45) is 3.65. The number of hydrogen-bond acceptors (Lipinski definition) is 3. The van der Waals surface area contributed by atoms with Crippen LogP contribution in [0.25, 0.3) is 0 Å². The van der Waals surface area contributed by atoms with Crippen LogP contribution in [-0.2, 0) is 9.16 Å². The van der Waals surface area contributed by atoms with E-state index in [1.807, 2.05) is 18.2 Å². The lowest BCUT2D eigenvalue weighted by molar-refractivity contribution is 0.327. The second-order valence-electron chi connectivity index (χ2n) is 7.58. The molecule has 2 rings (SSSR count). The normalized spacial score (nSPS) is 12.9. The lowest BCUT2D eigenvalue weighted by Gasteiger charge is -2.42. The highest BCUT2D eigenvalue weighted by Gasteiger charge is 2.49. The third-order valence-corrected chi connectivity index (χ3v) is 10.1. The van der Waals surface area contributed by atoms with Gasteiger partial charge in [0, 0.05) is 0 Å². The van der Waals surface area contributed by atoms with Crippen molar-refractivity contribution in [3.05, 3.63) is 72.8 Å². The van der Waals surface area contributed by atoms with E-state index in [4.69, 9.17) is 49.4 Å². The lowest BCUT2D eigenvalue weighted by atomic mass is 10.2. The molecule has 0 saturated heterocycles. The minimum atomic E-state index is -2.56. The second-order valence-corrected chi connectivity index (χ2v) is 14.2. The van der Waals surface area contributed by atoms with Crippen LogP contribution in [0, 0.1) is 5.41 Å². The van der Waals surface area contributed by atoms with Crippen molar-refractivity contribution in [2.24, 2.45) is 0 Å². The van der Waals surface area contributed by atoms with Crippen LogP contribution in [0.3, 0.4) is 0 Å². The van der Waals surface area contributed by atoms with Gasteiger partial charge in [-0.3, -0.25) is 5.41 Å². The van der Waals surface area contributed by atoms with Gasteiger partial charge >= 0.3 is 0 Å². The maximum absolute atomic E-state index is 7.55. The van der Waals surface area contributed by atoms with Gasteiger partial charge in [0.25, 0.3) is 12.1 Å². The number of hydrogen-bond donors (Lipinski definition) is 1. The molecule has 0 bridgehead atoms. The van der Waals surface area contributed by atoms with Gasteiger partial charge in [-0.25, -0.2) is 0 Å². The van der Waals surface area contributed by atoms with E-state index in [1.165, 1.54) is 10.4 Å². The van der Waals surface area contributed by atoms with E-state index in [0.29, 0.717) is 6.61 Å². The Balaban J connectivity index is 2.23. The van der Waals surface area contributed by atoms with E-state index < -0.39 is 18.0 Å². The molecule has 0 aliphatic carbocycles. The van der Waals surface area contributed by atoms with Gasteiger partial charge in [-0.15, -0.1) is 0 Å². The maximum Gasteiger partial charge on any atom is 0.265 e. The first kappa shape index (κ1) is 24.0. The van der Waals surface area contributed by atoms with Crippen molar-refractivity contribution in [2.45, 2.75) is 29.6 Å². The van der Waals surface area contributed by atoms with Crippen LogP contribution in [0.15, 0.2) is 72.8 Å². The maximum atomic E-state index is 7.55. The molecule has 156 valence electrons. The Bertz CT molecular complexity index is 776. The largest absolute Gasteiger partial charge is 0.474 e.